The average molecular weight is 230 g/mol. The molecule has 1 unspecified atom stereocenters. The van der Waals surface area contributed by atoms with Gasteiger partial charge in [0.2, 0.25) is 0 Å². The molecule has 0 aliphatic heterocycles. The van der Waals surface area contributed by atoms with E-state index in [-0.39, 0.29) is 5.82 Å². The summed E-state index contributed by atoms with van der Waals surface area (Å²) >= 11 is 0. The molecule has 1 atom stereocenters. The molecular formula is C14H15FN2. The minimum Gasteiger partial charge on any atom is -0.277 e. The molecule has 0 fully saturated rings. The third kappa shape index (κ3) is 3.54. The van der Waals surface area contributed by atoms with E-state index in [2.05, 4.69) is 19.2 Å². The van der Waals surface area contributed by atoms with Gasteiger partial charge in [0.25, 0.3) is 0 Å². The van der Waals surface area contributed by atoms with E-state index in [9.17, 15) is 9.65 Å². The van der Waals surface area contributed by atoms with Gasteiger partial charge in [-0.25, -0.2) is 4.39 Å². The van der Waals surface area contributed by atoms with Crippen LogP contribution in [0.5, 0.6) is 0 Å². The first kappa shape index (κ1) is 13.1. The Bertz CT molecular complexity index is 407. The monoisotopic (exact) mass is 230 g/mol. The Labute approximate surface area is 101 Å². The second kappa shape index (κ2) is 6.62. The average Bonchev–Trinajstić information content (AvgIpc) is 2.33. The van der Waals surface area contributed by atoms with Crippen molar-refractivity contribution in [3.05, 3.63) is 61.0 Å². The fraction of sp³-hybridized carbons (Fsp3) is 0.214. The predicted octanol–water partition coefficient (Wildman–Crippen LogP) is 3.06. The summed E-state index contributed by atoms with van der Waals surface area (Å²) in [6.45, 7) is 8.49. The molecular weight excluding hydrogens is 215 g/mol. The van der Waals surface area contributed by atoms with Crippen molar-refractivity contribution in [3.63, 3.8) is 0 Å². The molecule has 88 valence electrons. The van der Waals surface area contributed by atoms with E-state index >= 15 is 0 Å². The second-order valence-electron chi connectivity index (χ2n) is 3.61. The van der Waals surface area contributed by atoms with Crippen LogP contribution in [0.4, 0.5) is 4.39 Å². The molecule has 0 heterocycles. The molecule has 1 rings (SSSR count). The van der Waals surface area contributed by atoms with Crippen LogP contribution >= 0.6 is 0 Å². The summed E-state index contributed by atoms with van der Waals surface area (Å²) < 4.78 is 12.8. The van der Waals surface area contributed by atoms with Gasteiger partial charge in [-0.05, 0) is 17.7 Å². The molecule has 0 saturated carbocycles. The fourth-order valence-electron chi connectivity index (χ4n) is 1.63. The first-order valence-corrected chi connectivity index (χ1v) is 5.33. The molecule has 0 spiro atoms. The topological polar surface area (TPSA) is 27.0 Å². The van der Waals surface area contributed by atoms with Crippen molar-refractivity contribution < 1.29 is 4.39 Å². The molecule has 0 aliphatic carbocycles. The highest BCUT2D eigenvalue weighted by Gasteiger charge is 2.17. The van der Waals surface area contributed by atoms with Crippen molar-refractivity contribution in [3.8, 4) is 6.07 Å². The summed E-state index contributed by atoms with van der Waals surface area (Å²) in [5, 5.41) is 9.22. The number of rotatable bonds is 6. The Balaban J connectivity index is 2.95. The highest BCUT2D eigenvalue weighted by atomic mass is 19.1. The Kier molecular flexibility index (Phi) is 5.12. The lowest BCUT2D eigenvalue weighted by Gasteiger charge is -2.24. The van der Waals surface area contributed by atoms with Gasteiger partial charge in [0.1, 0.15) is 11.9 Å². The Morgan fingerprint density at radius 2 is 1.76 bits per heavy atom. The molecule has 0 aliphatic rings. The van der Waals surface area contributed by atoms with Crippen molar-refractivity contribution in [2.45, 2.75) is 6.04 Å². The summed E-state index contributed by atoms with van der Waals surface area (Å²) in [6.07, 6.45) is 3.47. The molecule has 0 bridgehead atoms. The smallest absolute Gasteiger partial charge is 0.124 e. The van der Waals surface area contributed by atoms with E-state index in [0.717, 1.165) is 5.56 Å². The van der Waals surface area contributed by atoms with Crippen LogP contribution in [0, 0.1) is 17.1 Å². The van der Waals surface area contributed by atoms with Crippen LogP contribution < -0.4 is 0 Å². The van der Waals surface area contributed by atoms with Crippen LogP contribution in [0.2, 0.25) is 0 Å². The molecule has 1 aromatic carbocycles. The summed E-state index contributed by atoms with van der Waals surface area (Å²) in [5.41, 5.74) is 0.776. The number of benzene rings is 1. The molecule has 0 aromatic heterocycles. The van der Waals surface area contributed by atoms with Crippen molar-refractivity contribution in [1.29, 1.82) is 5.26 Å². The van der Waals surface area contributed by atoms with Gasteiger partial charge in [-0.15, -0.1) is 13.2 Å². The van der Waals surface area contributed by atoms with Crippen LogP contribution in [-0.4, -0.2) is 18.0 Å². The number of halogens is 1. The van der Waals surface area contributed by atoms with Crippen LogP contribution in [0.15, 0.2) is 49.6 Å². The Morgan fingerprint density at radius 1 is 1.24 bits per heavy atom. The highest BCUT2D eigenvalue weighted by molar-refractivity contribution is 5.25. The van der Waals surface area contributed by atoms with Gasteiger partial charge >= 0.3 is 0 Å². The van der Waals surface area contributed by atoms with E-state index in [1.165, 1.54) is 12.1 Å². The van der Waals surface area contributed by atoms with Gasteiger partial charge in [0, 0.05) is 13.1 Å². The largest absolute Gasteiger partial charge is 0.277 e. The van der Waals surface area contributed by atoms with E-state index in [4.69, 9.17) is 0 Å². The van der Waals surface area contributed by atoms with Crippen molar-refractivity contribution in [2.75, 3.05) is 13.1 Å². The quantitative estimate of drug-likeness (QED) is 0.702. The van der Waals surface area contributed by atoms with Crippen LogP contribution in [-0.2, 0) is 0 Å². The van der Waals surface area contributed by atoms with Gasteiger partial charge in [-0.2, -0.15) is 5.26 Å². The number of hydrogen-bond acceptors (Lipinski definition) is 2. The number of hydrogen-bond donors (Lipinski definition) is 0. The zero-order valence-corrected chi connectivity index (χ0v) is 9.64. The van der Waals surface area contributed by atoms with Gasteiger partial charge in [-0.1, -0.05) is 24.3 Å². The molecule has 0 saturated heterocycles. The number of nitriles is 1. The Morgan fingerprint density at radius 3 is 2.18 bits per heavy atom. The summed E-state index contributed by atoms with van der Waals surface area (Å²) in [6, 6.07) is 7.78. The minimum atomic E-state index is -0.411. The lowest BCUT2D eigenvalue weighted by molar-refractivity contribution is 0.291. The first-order valence-electron chi connectivity index (χ1n) is 5.33. The maximum atomic E-state index is 12.8. The SMILES string of the molecule is C=CCN(CC=C)C(C#N)c1ccc(F)cc1. The zero-order chi connectivity index (χ0) is 12.7. The molecule has 0 N–H and O–H groups in total. The lowest BCUT2D eigenvalue weighted by atomic mass is 10.1. The van der Waals surface area contributed by atoms with Gasteiger partial charge < -0.3 is 0 Å². The summed E-state index contributed by atoms with van der Waals surface area (Å²) in [4.78, 5) is 1.91. The first-order chi connectivity index (χ1) is 8.22. The molecule has 1 aromatic rings. The summed E-state index contributed by atoms with van der Waals surface area (Å²) in [7, 11) is 0. The van der Waals surface area contributed by atoms with Crippen molar-refractivity contribution in [2.24, 2.45) is 0 Å². The van der Waals surface area contributed by atoms with Crippen LogP contribution in [0.3, 0.4) is 0 Å². The van der Waals surface area contributed by atoms with Crippen LogP contribution in [0.25, 0.3) is 0 Å². The minimum absolute atomic E-state index is 0.301. The second-order valence-corrected chi connectivity index (χ2v) is 3.61. The zero-order valence-electron chi connectivity index (χ0n) is 9.64. The van der Waals surface area contributed by atoms with E-state index in [1.807, 2.05) is 4.90 Å². The molecule has 3 heteroatoms. The standard InChI is InChI=1S/C14H15FN2/c1-3-9-17(10-4-2)14(11-16)12-5-7-13(15)8-6-12/h3-8,14H,1-2,9-10H2. The normalized spacial score (nSPS) is 11.8. The van der Waals surface area contributed by atoms with Gasteiger partial charge in [0.15, 0.2) is 0 Å². The lowest BCUT2D eigenvalue weighted by Crippen LogP contribution is -2.28. The van der Waals surface area contributed by atoms with Crippen LogP contribution in [0.1, 0.15) is 11.6 Å². The maximum Gasteiger partial charge on any atom is 0.124 e. The molecule has 0 amide bonds. The van der Waals surface area contributed by atoms with E-state index in [0.29, 0.717) is 13.1 Å². The molecule has 17 heavy (non-hydrogen) atoms. The number of nitrogens with zero attached hydrogens (tertiary/aromatic N) is 2. The molecule has 2 nitrogen and oxygen atoms in total. The van der Waals surface area contributed by atoms with E-state index < -0.39 is 6.04 Å². The van der Waals surface area contributed by atoms with E-state index in [1.54, 1.807) is 24.3 Å². The predicted molar refractivity (Wildman–Crippen MR) is 66.7 cm³/mol. The summed E-state index contributed by atoms with van der Waals surface area (Å²) in [5.74, 6) is -0.301. The third-order valence-corrected chi connectivity index (χ3v) is 2.40. The van der Waals surface area contributed by atoms with Crippen molar-refractivity contribution in [1.82, 2.24) is 4.90 Å². The maximum absolute atomic E-state index is 12.8. The van der Waals surface area contributed by atoms with Gasteiger partial charge in [0.05, 0.1) is 6.07 Å². The third-order valence-electron chi connectivity index (χ3n) is 2.40. The highest BCUT2D eigenvalue weighted by Crippen LogP contribution is 2.20. The Hall–Kier alpha value is -1.92. The molecule has 0 radical (unpaired) electrons. The van der Waals surface area contributed by atoms with Crippen molar-refractivity contribution >= 4 is 0 Å². The van der Waals surface area contributed by atoms with Gasteiger partial charge in [-0.3, -0.25) is 4.90 Å². The fourth-order valence-corrected chi connectivity index (χ4v) is 1.63.